The molecule has 0 aromatic heterocycles. The van der Waals surface area contributed by atoms with Gasteiger partial charge in [-0.15, -0.1) is 0 Å². The van der Waals surface area contributed by atoms with E-state index < -0.39 is 17.5 Å². The third kappa shape index (κ3) is 3.22. The summed E-state index contributed by atoms with van der Waals surface area (Å²) in [6, 6.07) is 3.37. The predicted octanol–water partition coefficient (Wildman–Crippen LogP) is 1.75. The number of carbonyl (C=O) groups is 2. The molecule has 1 amide bonds. The van der Waals surface area contributed by atoms with Crippen molar-refractivity contribution in [3.05, 3.63) is 23.3 Å². The highest BCUT2D eigenvalue weighted by atomic mass is 16.5. The molecule has 0 radical (unpaired) electrons. The standard InChI is InChI=1S/C16H21NO5/c1-16(2,3)15(20)17-11-6-5-9-7-10(18)8-22-13(9)12(11)14(19)21-4/h5-6,10,18H,7-8H2,1-4H3,(H,17,20). The molecule has 1 aromatic rings. The molecule has 1 unspecified atom stereocenters. The number of ether oxygens (including phenoxy) is 2. The fourth-order valence-electron chi connectivity index (χ4n) is 2.16. The maximum absolute atomic E-state index is 12.2. The molecule has 1 atom stereocenters. The molecular weight excluding hydrogens is 286 g/mol. The van der Waals surface area contributed by atoms with E-state index in [1.807, 2.05) is 0 Å². The molecule has 1 heterocycles. The van der Waals surface area contributed by atoms with Gasteiger partial charge in [-0.3, -0.25) is 4.79 Å². The van der Waals surface area contributed by atoms with Crippen molar-refractivity contribution in [1.29, 1.82) is 0 Å². The summed E-state index contributed by atoms with van der Waals surface area (Å²) in [4.78, 5) is 24.3. The van der Waals surface area contributed by atoms with Gasteiger partial charge in [0.25, 0.3) is 0 Å². The zero-order valence-electron chi connectivity index (χ0n) is 13.2. The van der Waals surface area contributed by atoms with Gasteiger partial charge in [0.05, 0.1) is 18.9 Å². The second kappa shape index (κ2) is 5.96. The number of anilines is 1. The van der Waals surface area contributed by atoms with Gasteiger partial charge in [-0.25, -0.2) is 4.79 Å². The van der Waals surface area contributed by atoms with E-state index in [1.165, 1.54) is 7.11 Å². The fourth-order valence-corrected chi connectivity index (χ4v) is 2.16. The van der Waals surface area contributed by atoms with E-state index in [4.69, 9.17) is 9.47 Å². The van der Waals surface area contributed by atoms with Crippen LogP contribution in [0.2, 0.25) is 0 Å². The largest absolute Gasteiger partial charge is 0.490 e. The molecular formula is C16H21NO5. The average Bonchev–Trinajstić information content (AvgIpc) is 2.45. The van der Waals surface area contributed by atoms with Crippen LogP contribution in [0.1, 0.15) is 36.7 Å². The lowest BCUT2D eigenvalue weighted by atomic mass is 9.94. The molecule has 0 spiro atoms. The number of carbonyl (C=O) groups excluding carboxylic acids is 2. The second-order valence-electron chi connectivity index (χ2n) is 6.34. The van der Waals surface area contributed by atoms with Crippen LogP contribution in [0.15, 0.2) is 12.1 Å². The fraction of sp³-hybridized carbons (Fsp3) is 0.500. The van der Waals surface area contributed by atoms with Crippen molar-refractivity contribution in [3.63, 3.8) is 0 Å². The van der Waals surface area contributed by atoms with Crippen molar-refractivity contribution in [2.45, 2.75) is 33.3 Å². The summed E-state index contributed by atoms with van der Waals surface area (Å²) in [5.41, 5.74) is 0.652. The Hall–Kier alpha value is -2.08. The normalized spacial score (nSPS) is 17.2. The zero-order chi connectivity index (χ0) is 16.5. The van der Waals surface area contributed by atoms with Gasteiger partial charge in [-0.05, 0) is 11.6 Å². The van der Waals surface area contributed by atoms with E-state index in [0.717, 1.165) is 0 Å². The minimum absolute atomic E-state index is 0.105. The van der Waals surface area contributed by atoms with Crippen LogP contribution in [0.5, 0.6) is 5.75 Å². The Labute approximate surface area is 129 Å². The quantitative estimate of drug-likeness (QED) is 0.813. The molecule has 1 aliphatic heterocycles. The molecule has 2 rings (SSSR count). The topological polar surface area (TPSA) is 84.9 Å². The van der Waals surface area contributed by atoms with Gasteiger partial charge in [0.1, 0.15) is 17.9 Å². The van der Waals surface area contributed by atoms with Crippen LogP contribution in [-0.4, -0.2) is 36.8 Å². The molecule has 1 aromatic carbocycles. The summed E-state index contributed by atoms with van der Waals surface area (Å²) in [7, 11) is 1.27. The van der Waals surface area contributed by atoms with Crippen LogP contribution in [-0.2, 0) is 16.0 Å². The number of aliphatic hydroxyl groups excluding tert-OH is 1. The molecule has 22 heavy (non-hydrogen) atoms. The number of esters is 1. The molecule has 0 saturated heterocycles. The first kappa shape index (κ1) is 16.3. The van der Waals surface area contributed by atoms with Crippen LogP contribution >= 0.6 is 0 Å². The maximum Gasteiger partial charge on any atom is 0.343 e. The van der Waals surface area contributed by atoms with Crippen LogP contribution in [0.3, 0.4) is 0 Å². The smallest absolute Gasteiger partial charge is 0.343 e. The minimum atomic E-state index is -0.604. The maximum atomic E-state index is 12.2. The SMILES string of the molecule is COC(=O)c1c(NC(=O)C(C)(C)C)ccc2c1OCC(O)C2. The van der Waals surface area contributed by atoms with Crippen molar-refractivity contribution in [3.8, 4) is 5.75 Å². The third-order valence-corrected chi connectivity index (χ3v) is 3.43. The first-order chi connectivity index (χ1) is 10.2. The van der Waals surface area contributed by atoms with E-state index in [2.05, 4.69) is 5.32 Å². The number of methoxy groups -OCH3 is 1. The van der Waals surface area contributed by atoms with Gasteiger partial charge in [0.15, 0.2) is 0 Å². The van der Waals surface area contributed by atoms with Crippen LogP contribution in [0, 0.1) is 5.41 Å². The van der Waals surface area contributed by atoms with Crippen molar-refractivity contribution < 1.29 is 24.2 Å². The van der Waals surface area contributed by atoms with Gasteiger partial charge in [0, 0.05) is 11.8 Å². The van der Waals surface area contributed by atoms with Gasteiger partial charge in [0.2, 0.25) is 5.91 Å². The first-order valence-corrected chi connectivity index (χ1v) is 7.10. The highest BCUT2D eigenvalue weighted by Gasteiger charge is 2.29. The summed E-state index contributed by atoms with van der Waals surface area (Å²) in [5, 5.41) is 12.4. The lowest BCUT2D eigenvalue weighted by Crippen LogP contribution is -2.30. The number of hydrogen-bond donors (Lipinski definition) is 2. The summed E-state index contributed by atoms with van der Waals surface area (Å²) >= 11 is 0. The lowest BCUT2D eigenvalue weighted by Gasteiger charge is -2.26. The number of benzene rings is 1. The summed E-state index contributed by atoms with van der Waals surface area (Å²) < 4.78 is 10.3. The number of nitrogens with one attached hydrogen (secondary N) is 1. The van der Waals surface area contributed by atoms with Gasteiger partial charge >= 0.3 is 5.97 Å². The Kier molecular flexibility index (Phi) is 4.42. The van der Waals surface area contributed by atoms with Crippen molar-refractivity contribution in [2.24, 2.45) is 5.41 Å². The van der Waals surface area contributed by atoms with Gasteiger partial charge < -0.3 is 19.9 Å². The van der Waals surface area contributed by atoms with E-state index in [-0.39, 0.29) is 18.1 Å². The number of hydrogen-bond acceptors (Lipinski definition) is 5. The second-order valence-corrected chi connectivity index (χ2v) is 6.34. The predicted molar refractivity (Wildman–Crippen MR) is 81.1 cm³/mol. The Balaban J connectivity index is 2.46. The Morgan fingerprint density at radius 2 is 2.05 bits per heavy atom. The highest BCUT2D eigenvalue weighted by Crippen LogP contribution is 2.35. The summed E-state index contributed by atoms with van der Waals surface area (Å²) in [6.45, 7) is 5.45. The van der Waals surface area contributed by atoms with Gasteiger partial charge in [-0.2, -0.15) is 0 Å². The average molecular weight is 307 g/mol. The molecule has 1 aliphatic rings. The number of aliphatic hydroxyl groups is 1. The molecule has 120 valence electrons. The van der Waals surface area contributed by atoms with E-state index in [1.54, 1.807) is 32.9 Å². The summed E-state index contributed by atoms with van der Waals surface area (Å²) in [6.07, 6.45) is -0.208. The lowest BCUT2D eigenvalue weighted by molar-refractivity contribution is -0.123. The van der Waals surface area contributed by atoms with E-state index >= 15 is 0 Å². The Morgan fingerprint density at radius 1 is 1.36 bits per heavy atom. The van der Waals surface area contributed by atoms with E-state index in [9.17, 15) is 14.7 Å². The molecule has 6 nitrogen and oxygen atoms in total. The van der Waals surface area contributed by atoms with Crippen molar-refractivity contribution in [1.82, 2.24) is 0 Å². The number of rotatable bonds is 2. The zero-order valence-corrected chi connectivity index (χ0v) is 13.2. The Morgan fingerprint density at radius 3 is 2.64 bits per heavy atom. The van der Waals surface area contributed by atoms with Crippen LogP contribution < -0.4 is 10.1 Å². The minimum Gasteiger partial charge on any atom is -0.490 e. The molecule has 0 bridgehead atoms. The van der Waals surface area contributed by atoms with Crippen molar-refractivity contribution >= 4 is 17.6 Å². The molecule has 2 N–H and O–H groups in total. The number of amides is 1. The van der Waals surface area contributed by atoms with Crippen LogP contribution in [0.25, 0.3) is 0 Å². The first-order valence-electron chi connectivity index (χ1n) is 7.10. The molecule has 0 aliphatic carbocycles. The highest BCUT2D eigenvalue weighted by molar-refractivity contribution is 6.04. The molecule has 0 saturated carbocycles. The van der Waals surface area contributed by atoms with Crippen molar-refractivity contribution in [2.75, 3.05) is 19.0 Å². The van der Waals surface area contributed by atoms with Gasteiger partial charge in [-0.1, -0.05) is 26.8 Å². The summed E-state index contributed by atoms with van der Waals surface area (Å²) in [5.74, 6) is -0.435. The third-order valence-electron chi connectivity index (χ3n) is 3.43. The van der Waals surface area contributed by atoms with E-state index in [0.29, 0.717) is 23.4 Å². The number of fused-ring (bicyclic) bond motifs is 1. The Bertz CT molecular complexity index is 603. The molecule has 6 heteroatoms. The molecule has 0 fully saturated rings. The van der Waals surface area contributed by atoms with Crippen LogP contribution in [0.4, 0.5) is 5.69 Å². The monoisotopic (exact) mass is 307 g/mol.